The number of fused-ring (bicyclic) bond motifs is 1. The third kappa shape index (κ3) is 2.30. The Morgan fingerprint density at radius 1 is 0.950 bits per heavy atom. The zero-order valence-corrected chi connectivity index (χ0v) is 12.2. The van der Waals surface area contributed by atoms with Gasteiger partial charge in [0, 0.05) is 21.0 Å². The summed E-state index contributed by atoms with van der Waals surface area (Å²) in [6.45, 7) is 1.98. The molecule has 0 bridgehead atoms. The highest BCUT2D eigenvalue weighted by molar-refractivity contribution is 6.31. The third-order valence-electron chi connectivity index (χ3n) is 3.13. The third-order valence-corrected chi connectivity index (χ3v) is 3.60. The molecule has 100 valence electrons. The van der Waals surface area contributed by atoms with Crippen molar-refractivity contribution >= 4 is 39.9 Å². The van der Waals surface area contributed by atoms with E-state index in [0.29, 0.717) is 21.7 Å². The Balaban J connectivity index is 2.27. The number of halogens is 2. The van der Waals surface area contributed by atoms with Crippen LogP contribution in [0.1, 0.15) is 5.56 Å². The number of benzene rings is 2. The maximum Gasteiger partial charge on any atom is 0.162 e. The average molecular weight is 304 g/mol. The average Bonchev–Trinajstić information content (AvgIpc) is 2.42. The number of nitrogen functional groups attached to an aromatic ring is 1. The minimum absolute atomic E-state index is 0.409. The van der Waals surface area contributed by atoms with Gasteiger partial charge in [0.1, 0.15) is 5.82 Å². The minimum atomic E-state index is 0.409. The van der Waals surface area contributed by atoms with Crippen molar-refractivity contribution in [3.63, 3.8) is 0 Å². The van der Waals surface area contributed by atoms with Gasteiger partial charge in [0.15, 0.2) is 5.82 Å². The summed E-state index contributed by atoms with van der Waals surface area (Å²) >= 11 is 12.0. The van der Waals surface area contributed by atoms with E-state index < -0.39 is 0 Å². The summed E-state index contributed by atoms with van der Waals surface area (Å²) in [5.74, 6) is 0.976. The largest absolute Gasteiger partial charge is 0.383 e. The predicted octanol–water partition coefficient (Wildman–Crippen LogP) is 4.49. The quantitative estimate of drug-likeness (QED) is 0.720. The lowest BCUT2D eigenvalue weighted by Crippen LogP contribution is -1.99. The molecule has 0 spiro atoms. The molecule has 0 saturated heterocycles. The number of rotatable bonds is 1. The van der Waals surface area contributed by atoms with Gasteiger partial charge < -0.3 is 5.73 Å². The molecule has 0 amide bonds. The van der Waals surface area contributed by atoms with E-state index in [-0.39, 0.29) is 0 Å². The SMILES string of the molecule is Cc1ccc(Cl)cc1-c1nc(N)c2cc(Cl)ccc2n1. The summed E-state index contributed by atoms with van der Waals surface area (Å²) in [7, 11) is 0. The highest BCUT2D eigenvalue weighted by Gasteiger charge is 2.10. The number of anilines is 1. The topological polar surface area (TPSA) is 51.8 Å². The number of nitrogens with two attached hydrogens (primary N) is 1. The van der Waals surface area contributed by atoms with Gasteiger partial charge in [-0.05, 0) is 42.8 Å². The monoisotopic (exact) mass is 303 g/mol. The Morgan fingerprint density at radius 2 is 1.65 bits per heavy atom. The molecule has 3 rings (SSSR count). The number of hydrogen-bond acceptors (Lipinski definition) is 3. The van der Waals surface area contributed by atoms with Crippen LogP contribution in [0.3, 0.4) is 0 Å². The molecular weight excluding hydrogens is 293 g/mol. The van der Waals surface area contributed by atoms with Gasteiger partial charge >= 0.3 is 0 Å². The van der Waals surface area contributed by atoms with Crippen molar-refractivity contribution in [1.29, 1.82) is 0 Å². The summed E-state index contributed by atoms with van der Waals surface area (Å²) < 4.78 is 0. The fourth-order valence-corrected chi connectivity index (χ4v) is 2.42. The lowest BCUT2D eigenvalue weighted by Gasteiger charge is -2.08. The van der Waals surface area contributed by atoms with Gasteiger partial charge in [-0.25, -0.2) is 9.97 Å². The molecule has 0 aliphatic carbocycles. The van der Waals surface area contributed by atoms with Crippen molar-refractivity contribution in [2.45, 2.75) is 6.92 Å². The molecule has 5 heteroatoms. The van der Waals surface area contributed by atoms with Crippen LogP contribution in [0.15, 0.2) is 36.4 Å². The van der Waals surface area contributed by atoms with Gasteiger partial charge in [0.25, 0.3) is 0 Å². The zero-order chi connectivity index (χ0) is 14.3. The molecule has 0 fully saturated rings. The molecule has 0 aliphatic heterocycles. The van der Waals surface area contributed by atoms with Crippen LogP contribution in [0.5, 0.6) is 0 Å². The number of hydrogen-bond donors (Lipinski definition) is 1. The molecule has 2 N–H and O–H groups in total. The van der Waals surface area contributed by atoms with Crippen LogP contribution in [0.2, 0.25) is 10.0 Å². The molecule has 3 aromatic rings. The summed E-state index contributed by atoms with van der Waals surface area (Å²) in [6, 6.07) is 11.0. The van der Waals surface area contributed by atoms with Crippen molar-refractivity contribution in [1.82, 2.24) is 9.97 Å². The van der Waals surface area contributed by atoms with Crippen molar-refractivity contribution in [2.24, 2.45) is 0 Å². The Morgan fingerprint density at radius 3 is 2.45 bits per heavy atom. The van der Waals surface area contributed by atoms with E-state index >= 15 is 0 Å². The van der Waals surface area contributed by atoms with Crippen LogP contribution < -0.4 is 5.73 Å². The van der Waals surface area contributed by atoms with Crippen LogP contribution >= 0.6 is 23.2 Å². The van der Waals surface area contributed by atoms with Crippen molar-refractivity contribution in [3.05, 3.63) is 52.0 Å². The Labute approximate surface area is 126 Å². The smallest absolute Gasteiger partial charge is 0.162 e. The van der Waals surface area contributed by atoms with Crippen LogP contribution in [-0.4, -0.2) is 9.97 Å². The molecule has 1 heterocycles. The second-order valence-corrected chi connectivity index (χ2v) is 5.43. The second kappa shape index (κ2) is 4.93. The first-order valence-corrected chi connectivity index (χ1v) is 6.79. The summed E-state index contributed by atoms with van der Waals surface area (Å²) in [5, 5.41) is 2.00. The Hall–Kier alpha value is -1.84. The number of aryl methyl sites for hydroxylation is 1. The van der Waals surface area contributed by atoms with Crippen LogP contribution in [0.4, 0.5) is 5.82 Å². The van der Waals surface area contributed by atoms with E-state index in [4.69, 9.17) is 28.9 Å². The van der Waals surface area contributed by atoms with E-state index in [2.05, 4.69) is 9.97 Å². The number of nitrogens with zero attached hydrogens (tertiary/aromatic N) is 2. The van der Waals surface area contributed by atoms with Gasteiger partial charge in [-0.3, -0.25) is 0 Å². The number of aromatic nitrogens is 2. The Kier molecular flexibility index (Phi) is 3.24. The maximum absolute atomic E-state index is 6.04. The standard InChI is InChI=1S/C15H11Cl2N3/c1-8-2-3-9(16)6-11(8)15-19-13-5-4-10(17)7-12(13)14(18)20-15/h2-7H,1H3,(H2,18,19,20). The molecule has 20 heavy (non-hydrogen) atoms. The highest BCUT2D eigenvalue weighted by atomic mass is 35.5. The van der Waals surface area contributed by atoms with Gasteiger partial charge in [0.05, 0.1) is 5.52 Å². The van der Waals surface area contributed by atoms with Crippen LogP contribution in [0.25, 0.3) is 22.3 Å². The summed E-state index contributed by atoms with van der Waals surface area (Å²) in [6.07, 6.45) is 0. The van der Waals surface area contributed by atoms with Crippen molar-refractivity contribution in [3.8, 4) is 11.4 Å². The molecule has 0 unspecified atom stereocenters. The predicted molar refractivity (Wildman–Crippen MR) is 84.1 cm³/mol. The molecule has 0 saturated carbocycles. The van der Waals surface area contributed by atoms with E-state index in [1.165, 1.54) is 0 Å². The van der Waals surface area contributed by atoms with Gasteiger partial charge in [-0.2, -0.15) is 0 Å². The maximum atomic E-state index is 6.04. The van der Waals surface area contributed by atoms with E-state index in [9.17, 15) is 0 Å². The second-order valence-electron chi connectivity index (χ2n) is 4.55. The first-order valence-electron chi connectivity index (χ1n) is 6.04. The van der Waals surface area contributed by atoms with Gasteiger partial charge in [-0.15, -0.1) is 0 Å². The Bertz CT molecular complexity index is 816. The van der Waals surface area contributed by atoms with Gasteiger partial charge in [0.2, 0.25) is 0 Å². The molecular formula is C15H11Cl2N3. The highest BCUT2D eigenvalue weighted by Crippen LogP contribution is 2.28. The fraction of sp³-hybridized carbons (Fsp3) is 0.0667. The molecule has 3 nitrogen and oxygen atoms in total. The minimum Gasteiger partial charge on any atom is -0.383 e. The van der Waals surface area contributed by atoms with E-state index in [1.807, 2.05) is 31.2 Å². The molecule has 2 aromatic carbocycles. The molecule has 0 radical (unpaired) electrons. The zero-order valence-electron chi connectivity index (χ0n) is 10.7. The summed E-state index contributed by atoms with van der Waals surface area (Å²) in [5.41, 5.74) is 8.69. The van der Waals surface area contributed by atoms with Crippen LogP contribution in [0, 0.1) is 6.92 Å². The molecule has 0 aliphatic rings. The van der Waals surface area contributed by atoms with Crippen molar-refractivity contribution < 1.29 is 0 Å². The summed E-state index contributed by atoms with van der Waals surface area (Å²) in [4.78, 5) is 8.90. The van der Waals surface area contributed by atoms with E-state index in [0.717, 1.165) is 22.0 Å². The lowest BCUT2D eigenvalue weighted by atomic mass is 10.1. The first kappa shape index (κ1) is 13.2. The van der Waals surface area contributed by atoms with Gasteiger partial charge in [-0.1, -0.05) is 29.3 Å². The van der Waals surface area contributed by atoms with E-state index in [1.54, 1.807) is 12.1 Å². The van der Waals surface area contributed by atoms with Crippen LogP contribution in [-0.2, 0) is 0 Å². The normalized spacial score (nSPS) is 10.9. The first-order chi connectivity index (χ1) is 9.54. The lowest BCUT2D eigenvalue weighted by molar-refractivity contribution is 1.22. The molecule has 0 atom stereocenters. The molecule has 1 aromatic heterocycles. The fourth-order valence-electron chi connectivity index (χ4n) is 2.08. The van der Waals surface area contributed by atoms with Crippen molar-refractivity contribution in [2.75, 3.05) is 5.73 Å².